The molecule has 6 nitrogen and oxygen atoms in total. The van der Waals surface area contributed by atoms with Gasteiger partial charge in [-0.1, -0.05) is 0 Å². The van der Waals surface area contributed by atoms with Crippen molar-refractivity contribution in [2.24, 2.45) is 0 Å². The highest BCUT2D eigenvalue weighted by Crippen LogP contribution is 2.09. The number of nitrogens with one attached hydrogen (secondary N) is 1. The summed E-state index contributed by atoms with van der Waals surface area (Å²) in [6, 6.07) is 7.05. The van der Waals surface area contributed by atoms with Crippen molar-refractivity contribution in [1.29, 1.82) is 0 Å². The van der Waals surface area contributed by atoms with Gasteiger partial charge >= 0.3 is 6.03 Å². The molecule has 0 atom stereocenters. The zero-order valence-electron chi connectivity index (χ0n) is 11.6. The minimum absolute atomic E-state index is 0.0486. The number of pyridine rings is 2. The maximum Gasteiger partial charge on any atom is 0.322 e. The van der Waals surface area contributed by atoms with Gasteiger partial charge in [0.1, 0.15) is 0 Å². The number of urea groups is 1. The summed E-state index contributed by atoms with van der Waals surface area (Å²) in [5.41, 5.74) is 1.63. The monoisotopic (exact) mass is 286 g/mol. The van der Waals surface area contributed by atoms with Crippen LogP contribution in [0, 0.1) is 0 Å². The average Bonchev–Trinajstić information content (AvgIpc) is 2.53. The Morgan fingerprint density at radius 3 is 2.67 bits per heavy atom. The predicted octanol–water partition coefficient (Wildman–Crippen LogP) is 1.89. The first kappa shape index (κ1) is 14.9. The minimum atomic E-state index is -0.215. The van der Waals surface area contributed by atoms with E-state index >= 15 is 0 Å². The number of carbonyl (C=O) groups is 1. The maximum absolute atomic E-state index is 12.3. The van der Waals surface area contributed by atoms with Gasteiger partial charge in [-0.3, -0.25) is 9.97 Å². The molecule has 0 saturated carbocycles. The van der Waals surface area contributed by atoms with Gasteiger partial charge in [0.2, 0.25) is 0 Å². The number of nitrogens with zero attached hydrogens (tertiary/aromatic N) is 3. The molecule has 2 aromatic heterocycles. The lowest BCUT2D eigenvalue weighted by Gasteiger charge is -2.22. The van der Waals surface area contributed by atoms with Crippen molar-refractivity contribution in [2.75, 3.05) is 18.5 Å². The van der Waals surface area contributed by atoms with E-state index in [1.165, 1.54) is 0 Å². The second kappa shape index (κ2) is 7.96. The molecule has 0 unspecified atom stereocenters. The second-order valence-corrected chi connectivity index (χ2v) is 4.53. The van der Waals surface area contributed by atoms with Crippen molar-refractivity contribution in [3.63, 3.8) is 0 Å². The number of aliphatic hydroxyl groups excluding tert-OH is 1. The molecule has 0 spiro atoms. The number of anilines is 1. The van der Waals surface area contributed by atoms with Crippen LogP contribution >= 0.6 is 0 Å². The molecule has 2 N–H and O–H groups in total. The largest absolute Gasteiger partial charge is 0.396 e. The van der Waals surface area contributed by atoms with E-state index in [-0.39, 0.29) is 12.6 Å². The number of hydrogen-bond acceptors (Lipinski definition) is 4. The van der Waals surface area contributed by atoms with Crippen molar-refractivity contribution >= 4 is 11.7 Å². The number of rotatable bonds is 6. The van der Waals surface area contributed by atoms with Crippen LogP contribution in [0.5, 0.6) is 0 Å². The van der Waals surface area contributed by atoms with E-state index in [4.69, 9.17) is 5.11 Å². The van der Waals surface area contributed by atoms with Gasteiger partial charge in [0, 0.05) is 38.3 Å². The van der Waals surface area contributed by atoms with Crippen LogP contribution in [0.3, 0.4) is 0 Å². The molecule has 110 valence electrons. The molecular weight excluding hydrogens is 268 g/mol. The highest BCUT2D eigenvalue weighted by Gasteiger charge is 2.13. The van der Waals surface area contributed by atoms with Crippen molar-refractivity contribution < 1.29 is 9.90 Å². The average molecular weight is 286 g/mol. The molecule has 0 fully saturated rings. The van der Waals surface area contributed by atoms with Gasteiger partial charge in [-0.2, -0.15) is 0 Å². The fourth-order valence-corrected chi connectivity index (χ4v) is 1.86. The molecule has 0 aromatic carbocycles. The van der Waals surface area contributed by atoms with Crippen molar-refractivity contribution in [3.05, 3.63) is 54.6 Å². The lowest BCUT2D eigenvalue weighted by atomic mass is 10.2. The molecule has 0 aliphatic heterocycles. The van der Waals surface area contributed by atoms with Gasteiger partial charge in [-0.05, 0) is 36.2 Å². The van der Waals surface area contributed by atoms with Gasteiger partial charge < -0.3 is 15.3 Å². The zero-order chi connectivity index (χ0) is 14.9. The Hall–Kier alpha value is -2.47. The van der Waals surface area contributed by atoms with E-state index in [1.807, 2.05) is 12.1 Å². The molecular formula is C15H18N4O2. The summed E-state index contributed by atoms with van der Waals surface area (Å²) in [4.78, 5) is 21.9. The van der Waals surface area contributed by atoms with E-state index in [1.54, 1.807) is 41.8 Å². The molecule has 0 aliphatic carbocycles. The summed E-state index contributed by atoms with van der Waals surface area (Å²) >= 11 is 0. The SMILES string of the molecule is O=C(Nc1cccnc1)N(CCCO)Cc1ccncc1. The van der Waals surface area contributed by atoms with Gasteiger partial charge in [0.15, 0.2) is 0 Å². The third kappa shape index (κ3) is 4.85. The molecule has 2 rings (SSSR count). The van der Waals surface area contributed by atoms with Crippen LogP contribution in [0.25, 0.3) is 0 Å². The van der Waals surface area contributed by atoms with Gasteiger partial charge in [-0.25, -0.2) is 4.79 Å². The fourth-order valence-electron chi connectivity index (χ4n) is 1.86. The van der Waals surface area contributed by atoms with E-state index < -0.39 is 0 Å². The Bertz CT molecular complexity index is 548. The molecule has 2 heterocycles. The Morgan fingerprint density at radius 2 is 2.00 bits per heavy atom. The minimum Gasteiger partial charge on any atom is -0.396 e. The smallest absolute Gasteiger partial charge is 0.322 e. The second-order valence-electron chi connectivity index (χ2n) is 4.53. The van der Waals surface area contributed by atoms with E-state index in [9.17, 15) is 4.79 Å². The molecule has 0 bridgehead atoms. The van der Waals surface area contributed by atoms with Crippen LogP contribution in [0.2, 0.25) is 0 Å². The predicted molar refractivity (Wildman–Crippen MR) is 79.6 cm³/mol. The normalized spacial score (nSPS) is 10.1. The quantitative estimate of drug-likeness (QED) is 0.850. The molecule has 6 heteroatoms. The van der Waals surface area contributed by atoms with Crippen LogP contribution < -0.4 is 5.32 Å². The van der Waals surface area contributed by atoms with Crippen LogP contribution in [0.15, 0.2) is 49.1 Å². The van der Waals surface area contributed by atoms with Crippen LogP contribution in [-0.4, -0.2) is 39.2 Å². The molecule has 2 amide bonds. The Labute approximate surface area is 123 Å². The third-order valence-corrected chi connectivity index (χ3v) is 2.91. The van der Waals surface area contributed by atoms with Gasteiger partial charge in [-0.15, -0.1) is 0 Å². The van der Waals surface area contributed by atoms with E-state index in [0.717, 1.165) is 5.56 Å². The summed E-state index contributed by atoms with van der Waals surface area (Å²) in [5.74, 6) is 0. The molecule has 0 aliphatic rings. The first-order chi connectivity index (χ1) is 10.3. The van der Waals surface area contributed by atoms with Gasteiger partial charge in [0.05, 0.1) is 11.9 Å². The van der Waals surface area contributed by atoms with Crippen molar-refractivity contribution in [1.82, 2.24) is 14.9 Å². The Balaban J connectivity index is 2.02. The molecule has 21 heavy (non-hydrogen) atoms. The van der Waals surface area contributed by atoms with Crippen LogP contribution in [0.1, 0.15) is 12.0 Å². The Morgan fingerprint density at radius 1 is 1.19 bits per heavy atom. The van der Waals surface area contributed by atoms with Crippen LogP contribution in [-0.2, 0) is 6.54 Å². The molecule has 2 aromatic rings. The standard InChI is InChI=1S/C15H18N4O2/c20-10-2-9-19(12-13-4-7-16-8-5-13)15(21)18-14-3-1-6-17-11-14/h1,3-8,11,20H,2,9-10,12H2,(H,18,21). The van der Waals surface area contributed by atoms with E-state index in [2.05, 4.69) is 15.3 Å². The maximum atomic E-state index is 12.3. The van der Waals surface area contributed by atoms with Crippen molar-refractivity contribution in [2.45, 2.75) is 13.0 Å². The van der Waals surface area contributed by atoms with Crippen LogP contribution in [0.4, 0.5) is 10.5 Å². The summed E-state index contributed by atoms with van der Waals surface area (Å²) in [6.45, 7) is 0.993. The first-order valence-electron chi connectivity index (χ1n) is 6.75. The highest BCUT2D eigenvalue weighted by molar-refractivity contribution is 5.89. The molecule has 0 saturated heterocycles. The summed E-state index contributed by atoms with van der Waals surface area (Å²) < 4.78 is 0. The summed E-state index contributed by atoms with van der Waals surface area (Å²) in [7, 11) is 0. The lowest BCUT2D eigenvalue weighted by Crippen LogP contribution is -2.35. The number of hydrogen-bond donors (Lipinski definition) is 2. The van der Waals surface area contributed by atoms with Crippen molar-refractivity contribution in [3.8, 4) is 0 Å². The zero-order valence-corrected chi connectivity index (χ0v) is 11.6. The summed E-state index contributed by atoms with van der Waals surface area (Å²) in [6.07, 6.45) is 7.16. The first-order valence-corrected chi connectivity index (χ1v) is 6.75. The fraction of sp³-hybridized carbons (Fsp3) is 0.267. The number of carbonyl (C=O) groups excluding carboxylic acids is 1. The number of aromatic nitrogens is 2. The Kier molecular flexibility index (Phi) is 5.66. The number of amides is 2. The third-order valence-electron chi connectivity index (χ3n) is 2.91. The van der Waals surface area contributed by atoms with E-state index in [0.29, 0.717) is 25.2 Å². The topological polar surface area (TPSA) is 78.4 Å². The number of aliphatic hydroxyl groups is 1. The highest BCUT2D eigenvalue weighted by atomic mass is 16.3. The van der Waals surface area contributed by atoms with Gasteiger partial charge in [0.25, 0.3) is 0 Å². The summed E-state index contributed by atoms with van der Waals surface area (Å²) in [5, 5.41) is 11.8. The lowest BCUT2D eigenvalue weighted by molar-refractivity contribution is 0.199. The molecule has 0 radical (unpaired) electrons.